The summed E-state index contributed by atoms with van der Waals surface area (Å²) in [5, 5.41) is 0. The molecule has 0 fully saturated rings. The summed E-state index contributed by atoms with van der Waals surface area (Å²) >= 11 is 2.18. The van der Waals surface area contributed by atoms with Crippen molar-refractivity contribution < 1.29 is 8.42 Å². The highest BCUT2D eigenvalue weighted by Gasteiger charge is 2.04. The second kappa shape index (κ2) is 4.49. The third-order valence-corrected chi connectivity index (χ3v) is 3.58. The highest BCUT2D eigenvalue weighted by Crippen LogP contribution is 1.95. The van der Waals surface area contributed by atoms with Crippen LogP contribution in [0.3, 0.4) is 0 Å². The van der Waals surface area contributed by atoms with Crippen LogP contribution in [0.4, 0.5) is 0 Å². The van der Waals surface area contributed by atoms with Crippen LogP contribution >= 0.6 is 22.6 Å². The molecule has 9 heavy (non-hydrogen) atoms. The first kappa shape index (κ1) is 9.68. The average Bonchev–Trinajstić information content (AvgIpc) is 1.84. The number of hydrogen-bond acceptors (Lipinski definition) is 2. The molecule has 0 radical (unpaired) electrons. The molecule has 0 atom stereocenters. The molecule has 0 bridgehead atoms. The number of sulfone groups is 1. The minimum atomic E-state index is -2.69. The molecular weight excluding hydrogens is 251 g/mol. The van der Waals surface area contributed by atoms with Crippen molar-refractivity contribution in [1.29, 1.82) is 0 Å². The van der Waals surface area contributed by atoms with Gasteiger partial charge in [0.2, 0.25) is 0 Å². The van der Waals surface area contributed by atoms with Gasteiger partial charge in [-0.3, -0.25) is 0 Å². The number of rotatable bonds is 4. The molecule has 0 saturated carbocycles. The molecule has 4 heteroatoms. The lowest BCUT2D eigenvalue weighted by Crippen LogP contribution is -2.08. The maximum atomic E-state index is 10.8. The quantitative estimate of drug-likeness (QED) is 0.564. The van der Waals surface area contributed by atoms with Crippen LogP contribution < -0.4 is 0 Å². The minimum absolute atomic E-state index is 0.281. The molecule has 0 aromatic carbocycles. The van der Waals surface area contributed by atoms with Crippen LogP contribution in [0.2, 0.25) is 0 Å². The maximum Gasteiger partial charge on any atom is 0.150 e. The fourth-order valence-electron chi connectivity index (χ4n) is 0.419. The Hall–Kier alpha value is 0.680. The van der Waals surface area contributed by atoms with Crippen molar-refractivity contribution in [2.24, 2.45) is 0 Å². The Balaban J connectivity index is 3.61. The van der Waals surface area contributed by atoms with Crippen molar-refractivity contribution in [2.45, 2.75) is 13.3 Å². The van der Waals surface area contributed by atoms with Crippen LogP contribution in [0, 0.1) is 0 Å². The molecule has 0 saturated heterocycles. The highest BCUT2D eigenvalue weighted by molar-refractivity contribution is 14.1. The third-order valence-electron chi connectivity index (χ3n) is 1.03. The number of alkyl halides is 1. The molecule has 0 unspecified atom stereocenters. The predicted molar refractivity (Wildman–Crippen MR) is 47.8 cm³/mol. The predicted octanol–water partition coefficient (Wildman–Crippen LogP) is 1.25. The summed E-state index contributed by atoms with van der Waals surface area (Å²) < 4.78 is 22.4. The van der Waals surface area contributed by atoms with E-state index in [1.807, 2.05) is 0 Å². The summed E-state index contributed by atoms with van der Waals surface area (Å²) in [5.74, 6) is 0.635. The van der Waals surface area contributed by atoms with Gasteiger partial charge in [-0.15, -0.1) is 0 Å². The van der Waals surface area contributed by atoms with Gasteiger partial charge in [0.25, 0.3) is 0 Å². The van der Waals surface area contributed by atoms with Crippen molar-refractivity contribution in [3.63, 3.8) is 0 Å². The van der Waals surface area contributed by atoms with E-state index in [1.54, 1.807) is 6.92 Å². The minimum Gasteiger partial charge on any atom is -0.229 e. The summed E-state index contributed by atoms with van der Waals surface area (Å²) in [6.45, 7) is 1.68. The lowest BCUT2D eigenvalue weighted by molar-refractivity contribution is 0.596. The Morgan fingerprint density at radius 2 is 2.00 bits per heavy atom. The van der Waals surface area contributed by atoms with Crippen LogP contribution in [-0.4, -0.2) is 24.4 Å². The highest BCUT2D eigenvalue weighted by atomic mass is 127. The molecule has 0 aromatic heterocycles. The van der Waals surface area contributed by atoms with Crippen molar-refractivity contribution in [3.8, 4) is 0 Å². The third kappa shape index (κ3) is 5.14. The standard InChI is InChI=1S/C5H11IO2S/c1-2-9(7,8)5-3-4-6/h2-5H2,1H3. The Labute approximate surface area is 70.1 Å². The molecule has 0 aromatic rings. The van der Waals surface area contributed by atoms with Crippen molar-refractivity contribution in [3.05, 3.63) is 0 Å². The molecule has 0 aliphatic rings. The molecule has 0 N–H and O–H groups in total. The largest absolute Gasteiger partial charge is 0.229 e. The summed E-state index contributed by atoms with van der Waals surface area (Å²) in [6.07, 6.45) is 0.788. The zero-order chi connectivity index (χ0) is 7.33. The lowest BCUT2D eigenvalue weighted by atomic mass is 10.6. The van der Waals surface area contributed by atoms with Gasteiger partial charge in [0, 0.05) is 10.2 Å². The van der Waals surface area contributed by atoms with Gasteiger partial charge in [0.15, 0.2) is 0 Å². The second-order valence-corrected chi connectivity index (χ2v) is 5.33. The second-order valence-electron chi connectivity index (χ2n) is 1.78. The van der Waals surface area contributed by atoms with Crippen LogP contribution in [0.5, 0.6) is 0 Å². The van der Waals surface area contributed by atoms with Crippen molar-refractivity contribution in [1.82, 2.24) is 0 Å². The van der Waals surface area contributed by atoms with E-state index < -0.39 is 9.84 Å². The van der Waals surface area contributed by atoms with E-state index in [9.17, 15) is 8.42 Å². The Bertz CT molecular complexity index is 150. The smallest absolute Gasteiger partial charge is 0.150 e. The van der Waals surface area contributed by atoms with E-state index in [0.717, 1.165) is 10.8 Å². The Kier molecular flexibility index (Phi) is 4.83. The number of hydrogen-bond donors (Lipinski definition) is 0. The van der Waals surface area contributed by atoms with E-state index in [0.29, 0.717) is 5.75 Å². The van der Waals surface area contributed by atoms with Crippen LogP contribution in [0.15, 0.2) is 0 Å². The Morgan fingerprint density at radius 3 is 2.33 bits per heavy atom. The van der Waals surface area contributed by atoms with Gasteiger partial charge in [-0.2, -0.15) is 0 Å². The zero-order valence-corrected chi connectivity index (χ0v) is 8.41. The molecule has 2 nitrogen and oxygen atoms in total. The van der Waals surface area contributed by atoms with E-state index in [-0.39, 0.29) is 5.75 Å². The normalized spacial score (nSPS) is 11.8. The molecule has 0 amide bonds. The van der Waals surface area contributed by atoms with E-state index in [4.69, 9.17) is 0 Å². The topological polar surface area (TPSA) is 34.1 Å². The molecule has 0 aliphatic carbocycles. The van der Waals surface area contributed by atoms with Crippen LogP contribution in [-0.2, 0) is 9.84 Å². The first-order chi connectivity index (χ1) is 4.12. The molecule has 0 heterocycles. The summed E-state index contributed by atoms with van der Waals surface area (Å²) in [4.78, 5) is 0. The average molecular weight is 262 g/mol. The number of halogens is 1. The van der Waals surface area contributed by atoms with Crippen LogP contribution in [0.25, 0.3) is 0 Å². The summed E-state index contributed by atoms with van der Waals surface area (Å²) in [6, 6.07) is 0. The maximum absolute atomic E-state index is 10.8. The molecule has 0 aliphatic heterocycles. The zero-order valence-electron chi connectivity index (χ0n) is 5.43. The fourth-order valence-corrected chi connectivity index (χ4v) is 2.19. The summed E-state index contributed by atoms with van der Waals surface area (Å²) in [7, 11) is -2.69. The van der Waals surface area contributed by atoms with Crippen molar-refractivity contribution in [2.75, 3.05) is 15.9 Å². The van der Waals surface area contributed by atoms with E-state index >= 15 is 0 Å². The first-order valence-electron chi connectivity index (χ1n) is 2.89. The van der Waals surface area contributed by atoms with Crippen molar-refractivity contribution >= 4 is 32.4 Å². The van der Waals surface area contributed by atoms with Gasteiger partial charge < -0.3 is 0 Å². The fraction of sp³-hybridized carbons (Fsp3) is 1.00. The summed E-state index contributed by atoms with van der Waals surface area (Å²) in [5.41, 5.74) is 0. The van der Waals surface area contributed by atoms with Crippen LogP contribution in [0.1, 0.15) is 13.3 Å². The monoisotopic (exact) mass is 262 g/mol. The van der Waals surface area contributed by atoms with Gasteiger partial charge in [0.1, 0.15) is 9.84 Å². The van der Waals surface area contributed by atoms with E-state index in [2.05, 4.69) is 22.6 Å². The van der Waals surface area contributed by atoms with E-state index in [1.165, 1.54) is 0 Å². The first-order valence-corrected chi connectivity index (χ1v) is 6.23. The molecular formula is C5H11IO2S. The molecule has 0 rings (SSSR count). The van der Waals surface area contributed by atoms with Gasteiger partial charge in [-0.05, 0) is 6.42 Å². The molecule has 56 valence electrons. The lowest BCUT2D eigenvalue weighted by Gasteiger charge is -1.95. The van der Waals surface area contributed by atoms with Gasteiger partial charge in [0.05, 0.1) is 5.75 Å². The van der Waals surface area contributed by atoms with Gasteiger partial charge in [-0.25, -0.2) is 8.42 Å². The SMILES string of the molecule is CCS(=O)(=O)CCCI. The van der Waals surface area contributed by atoms with Gasteiger partial charge >= 0.3 is 0 Å². The molecule has 0 spiro atoms. The Morgan fingerprint density at radius 1 is 1.44 bits per heavy atom. The van der Waals surface area contributed by atoms with Gasteiger partial charge in [-0.1, -0.05) is 29.5 Å².